The lowest BCUT2D eigenvalue weighted by Crippen LogP contribution is -1.93. The van der Waals surface area contributed by atoms with Gasteiger partial charge in [-0.15, -0.1) is 0 Å². The van der Waals surface area contributed by atoms with E-state index in [1.807, 2.05) is 0 Å². The third kappa shape index (κ3) is 4.16. The predicted octanol–water partition coefficient (Wildman–Crippen LogP) is 13.6. The Morgan fingerprint density at radius 3 is 1.06 bits per heavy atom. The highest BCUT2D eigenvalue weighted by Crippen LogP contribution is 2.47. The molecule has 0 aliphatic carbocycles. The molecular weight excluding hydrogens is 577 g/mol. The van der Waals surface area contributed by atoms with Gasteiger partial charge in [0.2, 0.25) is 0 Å². The second-order valence-electron chi connectivity index (χ2n) is 12.9. The van der Waals surface area contributed by atoms with E-state index in [4.69, 9.17) is 0 Å². The lowest BCUT2D eigenvalue weighted by molar-refractivity contribution is 1.64. The van der Waals surface area contributed by atoms with E-state index in [2.05, 4.69) is 182 Å². The topological polar surface area (TPSA) is 0 Å². The van der Waals surface area contributed by atoms with E-state index in [1.165, 1.54) is 98.0 Å². The molecule has 0 aliphatic heterocycles. The summed E-state index contributed by atoms with van der Waals surface area (Å²) in [6.07, 6.45) is 0. The maximum Gasteiger partial charge on any atom is -0.00197 e. The summed E-state index contributed by atoms with van der Waals surface area (Å²) in [5.74, 6) is 0. The van der Waals surface area contributed by atoms with Gasteiger partial charge >= 0.3 is 0 Å². The van der Waals surface area contributed by atoms with Gasteiger partial charge in [-0.3, -0.25) is 0 Å². The molecule has 0 N–H and O–H groups in total. The molecule has 10 rings (SSSR count). The third-order valence-corrected chi connectivity index (χ3v) is 10.2. The minimum Gasteiger partial charge on any atom is -0.0616 e. The molecule has 0 fully saturated rings. The zero-order chi connectivity index (χ0) is 31.6. The number of fused-ring (bicyclic) bond motifs is 6. The van der Waals surface area contributed by atoms with Gasteiger partial charge in [-0.1, -0.05) is 158 Å². The second kappa shape index (κ2) is 10.7. The third-order valence-electron chi connectivity index (χ3n) is 10.2. The summed E-state index contributed by atoms with van der Waals surface area (Å²) < 4.78 is 0. The molecular formula is C48H30. The van der Waals surface area contributed by atoms with Crippen LogP contribution < -0.4 is 0 Å². The van der Waals surface area contributed by atoms with Crippen LogP contribution in [0.1, 0.15) is 0 Å². The van der Waals surface area contributed by atoms with Crippen LogP contribution in [0.5, 0.6) is 0 Å². The Morgan fingerprint density at radius 1 is 0.208 bits per heavy atom. The van der Waals surface area contributed by atoms with Gasteiger partial charge in [-0.05, 0) is 122 Å². The van der Waals surface area contributed by atoms with Crippen LogP contribution in [0.25, 0.3) is 98.0 Å². The van der Waals surface area contributed by atoms with Gasteiger partial charge < -0.3 is 0 Å². The molecule has 0 atom stereocenters. The molecule has 0 saturated heterocycles. The van der Waals surface area contributed by atoms with Crippen molar-refractivity contribution >= 4 is 64.6 Å². The van der Waals surface area contributed by atoms with Gasteiger partial charge in [0.15, 0.2) is 0 Å². The normalized spacial score (nSPS) is 11.8. The van der Waals surface area contributed by atoms with Crippen molar-refractivity contribution in [2.75, 3.05) is 0 Å². The lowest BCUT2D eigenvalue weighted by Gasteiger charge is -2.20. The Morgan fingerprint density at radius 2 is 0.562 bits per heavy atom. The summed E-state index contributed by atoms with van der Waals surface area (Å²) in [6.45, 7) is 0. The number of hydrogen-bond donors (Lipinski definition) is 0. The Kier molecular flexibility index (Phi) is 5.98. The van der Waals surface area contributed by atoms with Crippen LogP contribution in [0.3, 0.4) is 0 Å². The van der Waals surface area contributed by atoms with Crippen molar-refractivity contribution in [3.05, 3.63) is 182 Å². The van der Waals surface area contributed by atoms with Crippen LogP contribution in [0.15, 0.2) is 182 Å². The van der Waals surface area contributed by atoms with E-state index in [0.717, 1.165) is 0 Å². The molecule has 0 aliphatic rings. The molecule has 10 aromatic carbocycles. The molecule has 0 spiro atoms. The first-order valence-corrected chi connectivity index (χ1v) is 16.7. The first kappa shape index (κ1) is 26.9. The first-order chi connectivity index (χ1) is 23.8. The molecule has 10 aromatic rings. The molecule has 0 radical (unpaired) electrons. The van der Waals surface area contributed by atoms with Crippen LogP contribution in [0.4, 0.5) is 0 Å². The molecule has 0 bridgehead atoms. The van der Waals surface area contributed by atoms with Crippen molar-refractivity contribution < 1.29 is 0 Å². The van der Waals surface area contributed by atoms with Crippen molar-refractivity contribution in [2.24, 2.45) is 0 Å². The quantitative estimate of drug-likeness (QED) is 0.176. The molecule has 222 valence electrons. The van der Waals surface area contributed by atoms with Crippen LogP contribution in [-0.4, -0.2) is 0 Å². The number of hydrogen-bond acceptors (Lipinski definition) is 0. The molecule has 0 unspecified atom stereocenters. The summed E-state index contributed by atoms with van der Waals surface area (Å²) in [4.78, 5) is 0. The van der Waals surface area contributed by atoms with Crippen molar-refractivity contribution in [1.82, 2.24) is 0 Å². The van der Waals surface area contributed by atoms with Crippen LogP contribution >= 0.6 is 0 Å². The highest BCUT2D eigenvalue weighted by Gasteiger charge is 2.20. The fourth-order valence-electron chi connectivity index (χ4n) is 7.94. The van der Waals surface area contributed by atoms with Crippen LogP contribution in [-0.2, 0) is 0 Å². The minimum absolute atomic E-state index is 1.23. The predicted molar refractivity (Wildman–Crippen MR) is 208 cm³/mol. The largest absolute Gasteiger partial charge is 0.0616 e. The van der Waals surface area contributed by atoms with E-state index in [1.54, 1.807) is 0 Å². The average molecular weight is 607 g/mol. The van der Waals surface area contributed by atoms with E-state index in [-0.39, 0.29) is 0 Å². The van der Waals surface area contributed by atoms with Crippen molar-refractivity contribution in [3.8, 4) is 33.4 Å². The molecule has 0 heterocycles. The van der Waals surface area contributed by atoms with Gasteiger partial charge in [0.25, 0.3) is 0 Å². The van der Waals surface area contributed by atoms with Crippen molar-refractivity contribution in [1.29, 1.82) is 0 Å². The monoisotopic (exact) mass is 606 g/mol. The zero-order valence-corrected chi connectivity index (χ0v) is 26.3. The molecule has 0 heteroatoms. The number of benzene rings is 10. The highest BCUT2D eigenvalue weighted by atomic mass is 14.2. The summed E-state index contributed by atoms with van der Waals surface area (Å²) in [5.41, 5.74) is 7.56. The fourth-order valence-corrected chi connectivity index (χ4v) is 7.94. The minimum atomic E-state index is 1.23. The molecule has 0 aromatic heterocycles. The molecule has 48 heavy (non-hydrogen) atoms. The molecule has 0 saturated carbocycles. The van der Waals surface area contributed by atoms with Crippen molar-refractivity contribution in [2.45, 2.75) is 0 Å². The molecule has 0 amide bonds. The molecule has 0 nitrogen and oxygen atoms in total. The van der Waals surface area contributed by atoms with E-state index in [0.29, 0.717) is 0 Å². The Labute approximate surface area is 279 Å². The van der Waals surface area contributed by atoms with E-state index in [9.17, 15) is 0 Å². The van der Waals surface area contributed by atoms with Crippen LogP contribution in [0, 0.1) is 0 Å². The maximum atomic E-state index is 2.42. The number of rotatable bonds is 3. The first-order valence-electron chi connectivity index (χ1n) is 16.7. The van der Waals surface area contributed by atoms with Gasteiger partial charge in [-0.25, -0.2) is 0 Å². The Hall–Kier alpha value is -6.24. The van der Waals surface area contributed by atoms with Gasteiger partial charge in [-0.2, -0.15) is 0 Å². The zero-order valence-electron chi connectivity index (χ0n) is 26.3. The average Bonchev–Trinajstić information content (AvgIpc) is 3.15. The summed E-state index contributed by atoms with van der Waals surface area (Å²) >= 11 is 0. The summed E-state index contributed by atoms with van der Waals surface area (Å²) in [5, 5.41) is 15.2. The standard InChI is InChI=1S/C48H30/c1-3-15-37-29-45-43(27-35(37)13-1)47(34-25-23-33(24-26-34)40-21-9-17-31-11-5-7-19-39(31)40)44-28-36-14-2-4-16-38(36)30-46(44)48(45)42-22-10-18-32-12-6-8-20-41(32)42/h1-30H. The van der Waals surface area contributed by atoms with Gasteiger partial charge in [0.1, 0.15) is 0 Å². The Balaban J connectivity index is 1.34. The maximum absolute atomic E-state index is 2.42. The van der Waals surface area contributed by atoms with E-state index < -0.39 is 0 Å². The van der Waals surface area contributed by atoms with E-state index >= 15 is 0 Å². The second-order valence-corrected chi connectivity index (χ2v) is 12.9. The lowest BCUT2D eigenvalue weighted by atomic mass is 9.82. The fraction of sp³-hybridized carbons (Fsp3) is 0. The summed E-state index contributed by atoms with van der Waals surface area (Å²) in [7, 11) is 0. The Bertz CT molecular complexity index is 2770. The smallest absolute Gasteiger partial charge is 0.00197 e. The summed E-state index contributed by atoms with van der Waals surface area (Å²) in [6, 6.07) is 67.2. The highest BCUT2D eigenvalue weighted by molar-refractivity contribution is 6.27. The van der Waals surface area contributed by atoms with Gasteiger partial charge in [0.05, 0.1) is 0 Å². The SMILES string of the molecule is c1ccc2cc3c(-c4cccc5ccccc45)c4cc5ccccc5cc4c(-c4ccc(-c5cccc6ccccc56)cc4)c3cc2c1. The van der Waals surface area contributed by atoms with Crippen molar-refractivity contribution in [3.63, 3.8) is 0 Å². The van der Waals surface area contributed by atoms with Crippen LogP contribution in [0.2, 0.25) is 0 Å². The van der Waals surface area contributed by atoms with Gasteiger partial charge in [0, 0.05) is 0 Å².